The third-order valence-electron chi connectivity index (χ3n) is 2.88. The summed E-state index contributed by atoms with van der Waals surface area (Å²) in [5.41, 5.74) is 7.69. The van der Waals surface area contributed by atoms with E-state index in [1.807, 2.05) is 24.3 Å². The van der Waals surface area contributed by atoms with E-state index in [9.17, 15) is 8.42 Å². The van der Waals surface area contributed by atoms with Gasteiger partial charge in [0, 0.05) is 25.3 Å². The second-order valence-electron chi connectivity index (χ2n) is 4.01. The highest BCUT2D eigenvalue weighted by atomic mass is 35.5. The summed E-state index contributed by atoms with van der Waals surface area (Å²) < 4.78 is 22.6. The van der Waals surface area contributed by atoms with Gasteiger partial charge in [0.05, 0.1) is 11.5 Å². The number of sulfone groups is 1. The van der Waals surface area contributed by atoms with E-state index >= 15 is 0 Å². The van der Waals surface area contributed by atoms with E-state index in [1.54, 1.807) is 0 Å². The van der Waals surface area contributed by atoms with Gasteiger partial charge in [0.1, 0.15) is 0 Å². The second-order valence-corrected chi connectivity index (χ2v) is 6.31. The normalized spacial score (nSPS) is 17.5. The zero-order valence-corrected chi connectivity index (χ0v) is 12.4. The fourth-order valence-electron chi connectivity index (χ4n) is 1.81. The standard InChI is InChI=1S/C11H16N2O2S.2ClH/c12-9-10-1-3-11(4-2-10)13-5-7-16(14,15)8-6-13;;/h1-4H,5-9,12H2;2*1H. The Kier molecular flexibility index (Phi) is 6.99. The fourth-order valence-corrected chi connectivity index (χ4v) is 3.01. The molecule has 0 unspecified atom stereocenters. The van der Waals surface area contributed by atoms with Gasteiger partial charge in [0.25, 0.3) is 0 Å². The quantitative estimate of drug-likeness (QED) is 0.892. The van der Waals surface area contributed by atoms with Crippen molar-refractivity contribution >= 4 is 40.3 Å². The summed E-state index contributed by atoms with van der Waals surface area (Å²) in [6.45, 7) is 1.71. The van der Waals surface area contributed by atoms with Gasteiger partial charge in [-0.15, -0.1) is 24.8 Å². The third kappa shape index (κ3) is 4.31. The lowest BCUT2D eigenvalue weighted by Crippen LogP contribution is -2.40. The van der Waals surface area contributed by atoms with Gasteiger partial charge in [-0.1, -0.05) is 12.1 Å². The maximum atomic E-state index is 11.3. The van der Waals surface area contributed by atoms with E-state index in [2.05, 4.69) is 4.90 Å². The van der Waals surface area contributed by atoms with Crippen molar-refractivity contribution in [2.75, 3.05) is 29.5 Å². The highest BCUT2D eigenvalue weighted by Gasteiger charge is 2.21. The minimum absolute atomic E-state index is 0. The molecule has 2 N–H and O–H groups in total. The fraction of sp³-hybridized carbons (Fsp3) is 0.455. The zero-order chi connectivity index (χ0) is 11.6. The molecule has 0 amide bonds. The molecule has 104 valence electrons. The molecule has 4 nitrogen and oxygen atoms in total. The van der Waals surface area contributed by atoms with Crippen LogP contribution in [0.4, 0.5) is 5.69 Å². The molecule has 0 radical (unpaired) electrons. The lowest BCUT2D eigenvalue weighted by molar-refractivity contribution is 0.587. The summed E-state index contributed by atoms with van der Waals surface area (Å²) in [5.74, 6) is 0.511. The minimum atomic E-state index is -2.80. The molecule has 1 heterocycles. The Morgan fingerprint density at radius 3 is 2.00 bits per heavy atom. The molecule has 0 aromatic heterocycles. The zero-order valence-electron chi connectivity index (χ0n) is 9.91. The summed E-state index contributed by atoms with van der Waals surface area (Å²) in [6.07, 6.45) is 0. The van der Waals surface area contributed by atoms with Gasteiger partial charge in [-0.3, -0.25) is 0 Å². The van der Waals surface area contributed by atoms with E-state index in [4.69, 9.17) is 5.73 Å². The van der Waals surface area contributed by atoms with Crippen LogP contribution >= 0.6 is 24.8 Å². The average Bonchev–Trinajstić information content (AvgIpc) is 2.29. The highest BCUT2D eigenvalue weighted by Crippen LogP contribution is 2.17. The lowest BCUT2D eigenvalue weighted by atomic mass is 10.2. The van der Waals surface area contributed by atoms with Crippen molar-refractivity contribution in [3.05, 3.63) is 29.8 Å². The Hall–Kier alpha value is -0.490. The predicted molar refractivity (Wildman–Crippen MR) is 79.7 cm³/mol. The number of hydrogen-bond acceptors (Lipinski definition) is 4. The summed E-state index contributed by atoms with van der Waals surface area (Å²) in [5, 5.41) is 0. The van der Waals surface area contributed by atoms with Gasteiger partial charge in [0.15, 0.2) is 9.84 Å². The molecule has 0 spiro atoms. The molecule has 0 aliphatic carbocycles. The monoisotopic (exact) mass is 312 g/mol. The van der Waals surface area contributed by atoms with Crippen molar-refractivity contribution in [2.45, 2.75) is 6.54 Å². The first-order chi connectivity index (χ1) is 7.61. The number of halogens is 2. The molecule has 7 heteroatoms. The molecule has 2 rings (SSSR count). The van der Waals surface area contributed by atoms with Crippen LogP contribution in [-0.4, -0.2) is 33.0 Å². The molecular weight excluding hydrogens is 295 g/mol. The van der Waals surface area contributed by atoms with Gasteiger partial charge >= 0.3 is 0 Å². The van der Waals surface area contributed by atoms with Crippen LogP contribution in [-0.2, 0) is 16.4 Å². The van der Waals surface area contributed by atoms with Crippen LogP contribution in [0.5, 0.6) is 0 Å². The van der Waals surface area contributed by atoms with Crippen LogP contribution in [0.1, 0.15) is 5.56 Å². The molecule has 0 atom stereocenters. The molecular formula is C11H18Cl2N2O2S. The number of anilines is 1. The van der Waals surface area contributed by atoms with E-state index in [0.717, 1.165) is 11.3 Å². The molecule has 1 aliphatic heterocycles. The maximum absolute atomic E-state index is 11.3. The first-order valence-corrected chi connectivity index (χ1v) is 7.17. The van der Waals surface area contributed by atoms with Crippen molar-refractivity contribution in [3.8, 4) is 0 Å². The summed E-state index contributed by atoms with van der Waals surface area (Å²) in [7, 11) is -2.80. The van der Waals surface area contributed by atoms with Crippen LogP contribution in [0, 0.1) is 0 Å². The molecule has 1 aromatic rings. The van der Waals surface area contributed by atoms with Crippen LogP contribution < -0.4 is 10.6 Å². The largest absolute Gasteiger partial charge is 0.369 e. The Bertz CT molecular complexity index is 448. The van der Waals surface area contributed by atoms with Gasteiger partial charge < -0.3 is 10.6 Å². The van der Waals surface area contributed by atoms with E-state index in [1.165, 1.54) is 0 Å². The van der Waals surface area contributed by atoms with E-state index < -0.39 is 9.84 Å². The van der Waals surface area contributed by atoms with Gasteiger partial charge in [0.2, 0.25) is 0 Å². The van der Waals surface area contributed by atoms with Crippen LogP contribution in [0.25, 0.3) is 0 Å². The van der Waals surface area contributed by atoms with Crippen LogP contribution in [0.3, 0.4) is 0 Å². The SMILES string of the molecule is Cl.Cl.NCc1ccc(N2CCS(=O)(=O)CC2)cc1. The number of nitrogens with zero attached hydrogens (tertiary/aromatic N) is 1. The van der Waals surface area contributed by atoms with Gasteiger partial charge in [-0.25, -0.2) is 8.42 Å². The van der Waals surface area contributed by atoms with Gasteiger partial charge in [-0.2, -0.15) is 0 Å². The molecule has 1 aromatic carbocycles. The summed E-state index contributed by atoms with van der Waals surface area (Å²) in [6, 6.07) is 7.97. The van der Waals surface area contributed by atoms with Crippen molar-refractivity contribution < 1.29 is 8.42 Å². The smallest absolute Gasteiger partial charge is 0.153 e. The van der Waals surface area contributed by atoms with Crippen molar-refractivity contribution in [3.63, 3.8) is 0 Å². The lowest BCUT2D eigenvalue weighted by Gasteiger charge is -2.28. The Balaban J connectivity index is 0.00000144. The second kappa shape index (κ2) is 7.19. The van der Waals surface area contributed by atoms with Crippen LogP contribution in [0.2, 0.25) is 0 Å². The predicted octanol–water partition coefficient (Wildman–Crippen LogP) is 1.22. The molecule has 1 aliphatic rings. The van der Waals surface area contributed by atoms with E-state index in [-0.39, 0.29) is 36.3 Å². The Morgan fingerprint density at radius 1 is 1.06 bits per heavy atom. The molecule has 18 heavy (non-hydrogen) atoms. The first-order valence-electron chi connectivity index (χ1n) is 5.35. The molecule has 1 fully saturated rings. The van der Waals surface area contributed by atoms with Gasteiger partial charge in [-0.05, 0) is 17.7 Å². The Morgan fingerprint density at radius 2 is 1.56 bits per heavy atom. The maximum Gasteiger partial charge on any atom is 0.153 e. The van der Waals surface area contributed by atoms with Crippen LogP contribution in [0.15, 0.2) is 24.3 Å². The number of hydrogen-bond donors (Lipinski definition) is 1. The molecule has 0 bridgehead atoms. The highest BCUT2D eigenvalue weighted by molar-refractivity contribution is 7.91. The molecule has 1 saturated heterocycles. The summed E-state index contributed by atoms with van der Waals surface area (Å²) in [4.78, 5) is 2.10. The van der Waals surface area contributed by atoms with Crippen molar-refractivity contribution in [1.29, 1.82) is 0 Å². The topological polar surface area (TPSA) is 63.4 Å². The number of nitrogens with two attached hydrogens (primary N) is 1. The summed E-state index contributed by atoms with van der Waals surface area (Å²) >= 11 is 0. The third-order valence-corrected chi connectivity index (χ3v) is 4.49. The van der Waals surface area contributed by atoms with E-state index in [0.29, 0.717) is 19.6 Å². The van der Waals surface area contributed by atoms with Crippen molar-refractivity contribution in [2.24, 2.45) is 5.73 Å². The average molecular weight is 313 g/mol. The Labute approximate surface area is 120 Å². The minimum Gasteiger partial charge on any atom is -0.369 e. The molecule has 0 saturated carbocycles. The number of rotatable bonds is 2. The first kappa shape index (κ1) is 17.5. The van der Waals surface area contributed by atoms with Crippen molar-refractivity contribution in [1.82, 2.24) is 0 Å². The number of benzene rings is 1.